The van der Waals surface area contributed by atoms with Crippen LogP contribution in [0.3, 0.4) is 0 Å². The summed E-state index contributed by atoms with van der Waals surface area (Å²) in [4.78, 5) is 11.2. The average Bonchev–Trinajstić information content (AvgIpc) is 2.77. The maximum absolute atomic E-state index is 11.2. The molecule has 0 amide bonds. The van der Waals surface area contributed by atoms with Gasteiger partial charge in [-0.25, -0.2) is 9.48 Å². The van der Waals surface area contributed by atoms with Crippen LogP contribution in [0.15, 0.2) is 30.5 Å². The number of aromatic carboxylic acids is 1. The highest BCUT2D eigenvalue weighted by molar-refractivity contribution is 5.92. The van der Waals surface area contributed by atoms with E-state index in [1.54, 1.807) is 23.0 Å². The minimum Gasteiger partial charge on any atom is -0.478 e. The number of carbonyl (C=O) groups is 1. The van der Waals surface area contributed by atoms with Crippen LogP contribution in [-0.2, 0) is 0 Å². The molecule has 94 valence electrons. The molecule has 0 spiro atoms. The van der Waals surface area contributed by atoms with E-state index in [9.17, 15) is 4.79 Å². The number of aromatic nitrogens is 2. The molecule has 0 saturated carbocycles. The number of benzene rings is 1. The molecule has 1 aromatic heterocycles. The molecule has 0 atom stereocenters. The van der Waals surface area contributed by atoms with Crippen molar-refractivity contribution < 1.29 is 9.90 Å². The Morgan fingerprint density at radius 3 is 2.67 bits per heavy atom. The molecule has 1 heterocycles. The SMILES string of the molecule is CC(C)c1ccn(-c2cc(N)ccc2C(=O)O)n1. The number of hydrogen-bond donors (Lipinski definition) is 2. The van der Waals surface area contributed by atoms with Crippen molar-refractivity contribution >= 4 is 11.7 Å². The van der Waals surface area contributed by atoms with Gasteiger partial charge in [-0.2, -0.15) is 5.10 Å². The van der Waals surface area contributed by atoms with E-state index in [1.807, 2.05) is 19.9 Å². The second-order valence-electron chi connectivity index (χ2n) is 4.42. The Bertz CT molecular complexity index is 588. The molecule has 5 nitrogen and oxygen atoms in total. The summed E-state index contributed by atoms with van der Waals surface area (Å²) in [6.07, 6.45) is 1.75. The van der Waals surface area contributed by atoms with Crippen LogP contribution in [0.25, 0.3) is 5.69 Å². The highest BCUT2D eigenvalue weighted by Crippen LogP contribution is 2.20. The molecule has 18 heavy (non-hydrogen) atoms. The zero-order valence-corrected chi connectivity index (χ0v) is 10.3. The number of hydrogen-bond acceptors (Lipinski definition) is 3. The molecule has 0 fully saturated rings. The average molecular weight is 245 g/mol. The summed E-state index contributed by atoms with van der Waals surface area (Å²) < 4.78 is 1.55. The lowest BCUT2D eigenvalue weighted by Crippen LogP contribution is -2.07. The molecule has 0 saturated heterocycles. The fourth-order valence-electron chi connectivity index (χ4n) is 1.70. The number of carboxylic acids is 1. The Balaban J connectivity index is 2.54. The number of nitrogens with zero attached hydrogens (tertiary/aromatic N) is 2. The molecule has 2 rings (SSSR count). The fraction of sp³-hybridized carbons (Fsp3) is 0.231. The monoisotopic (exact) mass is 245 g/mol. The van der Waals surface area contributed by atoms with Gasteiger partial charge in [0.2, 0.25) is 0 Å². The van der Waals surface area contributed by atoms with Gasteiger partial charge in [0.1, 0.15) is 0 Å². The van der Waals surface area contributed by atoms with Crippen LogP contribution in [0, 0.1) is 0 Å². The van der Waals surface area contributed by atoms with E-state index in [2.05, 4.69) is 5.10 Å². The normalized spacial score (nSPS) is 10.8. The van der Waals surface area contributed by atoms with Crippen LogP contribution in [0.1, 0.15) is 35.8 Å². The van der Waals surface area contributed by atoms with Crippen molar-refractivity contribution in [3.05, 3.63) is 41.7 Å². The van der Waals surface area contributed by atoms with Gasteiger partial charge in [-0.3, -0.25) is 0 Å². The van der Waals surface area contributed by atoms with Crippen molar-refractivity contribution in [2.24, 2.45) is 0 Å². The number of anilines is 1. The van der Waals surface area contributed by atoms with E-state index < -0.39 is 5.97 Å². The Hall–Kier alpha value is -2.30. The fourth-order valence-corrected chi connectivity index (χ4v) is 1.70. The molecule has 2 aromatic rings. The van der Waals surface area contributed by atoms with Gasteiger partial charge in [0.05, 0.1) is 16.9 Å². The Morgan fingerprint density at radius 1 is 1.39 bits per heavy atom. The molecule has 5 heteroatoms. The lowest BCUT2D eigenvalue weighted by molar-refractivity contribution is 0.0697. The summed E-state index contributed by atoms with van der Waals surface area (Å²) in [6, 6.07) is 6.55. The van der Waals surface area contributed by atoms with Crippen molar-refractivity contribution in [1.29, 1.82) is 0 Å². The summed E-state index contributed by atoms with van der Waals surface area (Å²) in [7, 11) is 0. The van der Waals surface area contributed by atoms with Crippen molar-refractivity contribution in [1.82, 2.24) is 9.78 Å². The van der Waals surface area contributed by atoms with Crippen molar-refractivity contribution in [2.45, 2.75) is 19.8 Å². The Morgan fingerprint density at radius 2 is 2.11 bits per heavy atom. The number of carboxylic acid groups (broad SMARTS) is 1. The predicted octanol–water partition coefficient (Wildman–Crippen LogP) is 2.28. The van der Waals surface area contributed by atoms with Gasteiger partial charge in [0.25, 0.3) is 0 Å². The minimum atomic E-state index is -0.994. The standard InChI is InChI=1S/C13H15N3O2/c1-8(2)11-5-6-16(15-11)12-7-9(14)3-4-10(12)13(17)18/h3-8H,14H2,1-2H3,(H,17,18). The summed E-state index contributed by atoms with van der Waals surface area (Å²) in [5.41, 5.74) is 7.78. The van der Waals surface area contributed by atoms with E-state index in [0.29, 0.717) is 17.3 Å². The van der Waals surface area contributed by atoms with E-state index in [1.165, 1.54) is 6.07 Å². The van der Waals surface area contributed by atoms with Gasteiger partial charge < -0.3 is 10.8 Å². The molecule has 0 aliphatic heterocycles. The quantitative estimate of drug-likeness (QED) is 0.813. The lowest BCUT2D eigenvalue weighted by Gasteiger charge is -2.07. The smallest absolute Gasteiger partial charge is 0.337 e. The third-order valence-electron chi connectivity index (χ3n) is 2.70. The summed E-state index contributed by atoms with van der Waals surface area (Å²) in [5, 5.41) is 13.5. The van der Waals surface area contributed by atoms with Crippen LogP contribution < -0.4 is 5.73 Å². The summed E-state index contributed by atoms with van der Waals surface area (Å²) in [6.45, 7) is 4.06. The maximum atomic E-state index is 11.2. The highest BCUT2D eigenvalue weighted by atomic mass is 16.4. The second-order valence-corrected chi connectivity index (χ2v) is 4.42. The van der Waals surface area contributed by atoms with Gasteiger partial charge >= 0.3 is 5.97 Å². The molecular weight excluding hydrogens is 230 g/mol. The number of nitrogens with two attached hydrogens (primary N) is 1. The molecule has 0 radical (unpaired) electrons. The van der Waals surface area contributed by atoms with Gasteiger partial charge in [-0.05, 0) is 30.2 Å². The first-order valence-corrected chi connectivity index (χ1v) is 5.68. The summed E-state index contributed by atoms with van der Waals surface area (Å²) >= 11 is 0. The summed E-state index contributed by atoms with van der Waals surface area (Å²) in [5.74, 6) is -0.702. The Labute approximate surface area is 105 Å². The molecular formula is C13H15N3O2. The van der Waals surface area contributed by atoms with E-state index in [-0.39, 0.29) is 5.56 Å². The largest absolute Gasteiger partial charge is 0.478 e. The molecule has 0 unspecified atom stereocenters. The predicted molar refractivity (Wildman–Crippen MR) is 69.0 cm³/mol. The van der Waals surface area contributed by atoms with E-state index in [4.69, 9.17) is 10.8 Å². The van der Waals surface area contributed by atoms with Crippen molar-refractivity contribution in [3.8, 4) is 5.69 Å². The first kappa shape index (κ1) is 12.2. The third kappa shape index (κ3) is 2.20. The van der Waals surface area contributed by atoms with Crippen molar-refractivity contribution in [2.75, 3.05) is 5.73 Å². The minimum absolute atomic E-state index is 0.183. The van der Waals surface area contributed by atoms with E-state index in [0.717, 1.165) is 5.69 Å². The van der Waals surface area contributed by atoms with Crippen LogP contribution in [0.4, 0.5) is 5.69 Å². The van der Waals surface area contributed by atoms with Gasteiger partial charge in [0.15, 0.2) is 0 Å². The first-order valence-electron chi connectivity index (χ1n) is 5.68. The molecule has 3 N–H and O–H groups in total. The topological polar surface area (TPSA) is 81.1 Å². The molecule has 0 aliphatic rings. The third-order valence-corrected chi connectivity index (χ3v) is 2.70. The molecule has 1 aromatic carbocycles. The van der Waals surface area contributed by atoms with Crippen LogP contribution >= 0.6 is 0 Å². The maximum Gasteiger partial charge on any atom is 0.337 e. The van der Waals surface area contributed by atoms with Gasteiger partial charge in [-0.15, -0.1) is 0 Å². The van der Waals surface area contributed by atoms with E-state index >= 15 is 0 Å². The second kappa shape index (κ2) is 4.52. The number of rotatable bonds is 3. The Kier molecular flexibility index (Phi) is 3.06. The van der Waals surface area contributed by atoms with Crippen LogP contribution in [0.5, 0.6) is 0 Å². The number of nitrogen functional groups attached to an aromatic ring is 1. The molecule has 0 aliphatic carbocycles. The van der Waals surface area contributed by atoms with Crippen molar-refractivity contribution in [3.63, 3.8) is 0 Å². The zero-order valence-electron chi connectivity index (χ0n) is 10.3. The first-order chi connectivity index (χ1) is 8.49. The van der Waals surface area contributed by atoms with Crippen LogP contribution in [-0.4, -0.2) is 20.9 Å². The highest BCUT2D eigenvalue weighted by Gasteiger charge is 2.13. The lowest BCUT2D eigenvalue weighted by atomic mass is 10.1. The molecule has 0 bridgehead atoms. The van der Waals surface area contributed by atoms with Gasteiger partial charge in [-0.1, -0.05) is 13.8 Å². The zero-order chi connectivity index (χ0) is 13.3. The van der Waals surface area contributed by atoms with Crippen LogP contribution in [0.2, 0.25) is 0 Å². The van der Waals surface area contributed by atoms with Gasteiger partial charge in [0, 0.05) is 11.9 Å².